The summed E-state index contributed by atoms with van der Waals surface area (Å²) in [4.78, 5) is 13.0. The molecule has 27 heavy (non-hydrogen) atoms. The fourth-order valence-corrected chi connectivity index (χ4v) is 4.29. The van der Waals surface area contributed by atoms with Crippen molar-refractivity contribution in [3.8, 4) is 0 Å². The molecule has 146 valence electrons. The lowest BCUT2D eigenvalue weighted by atomic mass is 9.85. The number of hydrogen-bond donors (Lipinski definition) is 3. The molecule has 2 atom stereocenters. The molecular weight excluding hydrogens is 381 g/mol. The van der Waals surface area contributed by atoms with Crippen LogP contribution in [-0.4, -0.2) is 5.91 Å². The summed E-state index contributed by atoms with van der Waals surface area (Å²) in [5, 5.41) is 3.14. The maximum atomic E-state index is 13.0. The van der Waals surface area contributed by atoms with Crippen LogP contribution < -0.4 is 16.8 Å². The second kappa shape index (κ2) is 9.07. The van der Waals surface area contributed by atoms with E-state index < -0.39 is 0 Å². The number of rotatable bonds is 2. The van der Waals surface area contributed by atoms with Crippen LogP contribution in [0.15, 0.2) is 36.4 Å². The van der Waals surface area contributed by atoms with Crippen molar-refractivity contribution in [3.05, 3.63) is 64.2 Å². The van der Waals surface area contributed by atoms with Gasteiger partial charge in [0, 0.05) is 23.3 Å². The number of hydrogen-bond acceptors (Lipinski definition) is 3. The number of nitrogens with one attached hydrogen (secondary N) is 1. The van der Waals surface area contributed by atoms with E-state index in [-0.39, 0.29) is 42.8 Å². The van der Waals surface area contributed by atoms with Crippen LogP contribution in [0.2, 0.25) is 0 Å². The van der Waals surface area contributed by atoms with E-state index in [1.54, 1.807) is 0 Å². The highest BCUT2D eigenvalue weighted by molar-refractivity contribution is 6.06. The van der Waals surface area contributed by atoms with Gasteiger partial charge in [-0.05, 0) is 72.9 Å². The minimum atomic E-state index is -0.0431. The van der Waals surface area contributed by atoms with Crippen LogP contribution in [0.1, 0.15) is 70.4 Å². The molecule has 0 fully saturated rings. The molecular formula is C21H27Cl2N3O. The van der Waals surface area contributed by atoms with Crippen molar-refractivity contribution >= 4 is 36.4 Å². The average molecular weight is 408 g/mol. The molecule has 2 aliphatic rings. The average Bonchev–Trinajstić information content (AvgIpc) is 2.62. The Morgan fingerprint density at radius 3 is 2.07 bits per heavy atom. The fraction of sp³-hybridized carbons (Fsp3) is 0.381. The number of fused-ring (bicyclic) bond motifs is 2. The number of carbonyl (C=O) groups is 1. The lowest BCUT2D eigenvalue weighted by Gasteiger charge is -2.26. The first kappa shape index (κ1) is 21.7. The Morgan fingerprint density at radius 2 is 1.41 bits per heavy atom. The Labute approximate surface area is 172 Å². The summed E-state index contributed by atoms with van der Waals surface area (Å²) in [7, 11) is 0. The molecule has 0 unspecified atom stereocenters. The Morgan fingerprint density at radius 1 is 0.852 bits per heavy atom. The summed E-state index contributed by atoms with van der Waals surface area (Å²) in [6.07, 6.45) is 5.99. The quantitative estimate of drug-likeness (QED) is 0.687. The van der Waals surface area contributed by atoms with Crippen molar-refractivity contribution in [1.29, 1.82) is 0 Å². The highest BCUT2D eigenvalue weighted by Gasteiger charge is 2.24. The van der Waals surface area contributed by atoms with Crippen LogP contribution in [0, 0.1) is 0 Å². The fourth-order valence-electron chi connectivity index (χ4n) is 4.29. The lowest BCUT2D eigenvalue weighted by molar-refractivity contribution is 0.102. The first-order chi connectivity index (χ1) is 12.1. The molecule has 4 nitrogen and oxygen atoms in total. The molecule has 0 saturated heterocycles. The van der Waals surface area contributed by atoms with Crippen LogP contribution in [-0.2, 0) is 12.8 Å². The predicted molar refractivity (Wildman–Crippen MR) is 115 cm³/mol. The van der Waals surface area contributed by atoms with Crippen LogP contribution >= 0.6 is 24.8 Å². The number of carbonyl (C=O) groups excluding carboxylic acids is 1. The number of halogens is 2. The van der Waals surface area contributed by atoms with Gasteiger partial charge in [-0.25, -0.2) is 0 Å². The van der Waals surface area contributed by atoms with Gasteiger partial charge >= 0.3 is 0 Å². The van der Waals surface area contributed by atoms with Crippen molar-refractivity contribution in [2.45, 2.75) is 50.6 Å². The highest BCUT2D eigenvalue weighted by Crippen LogP contribution is 2.34. The van der Waals surface area contributed by atoms with Gasteiger partial charge in [-0.1, -0.05) is 24.3 Å². The van der Waals surface area contributed by atoms with Gasteiger partial charge in [-0.2, -0.15) is 0 Å². The predicted octanol–water partition coefficient (Wildman–Crippen LogP) is 4.45. The third-order valence-corrected chi connectivity index (χ3v) is 5.60. The number of anilines is 1. The van der Waals surface area contributed by atoms with Crippen molar-refractivity contribution in [3.63, 3.8) is 0 Å². The van der Waals surface area contributed by atoms with Crippen molar-refractivity contribution in [1.82, 2.24) is 0 Å². The topological polar surface area (TPSA) is 81.1 Å². The molecule has 0 bridgehead atoms. The Hall–Kier alpha value is -1.59. The minimum Gasteiger partial charge on any atom is -0.324 e. The monoisotopic (exact) mass is 407 g/mol. The maximum absolute atomic E-state index is 13.0. The highest BCUT2D eigenvalue weighted by atomic mass is 35.5. The summed E-state index contributed by atoms with van der Waals surface area (Å²) in [6, 6.07) is 12.1. The van der Waals surface area contributed by atoms with Crippen LogP contribution in [0.5, 0.6) is 0 Å². The molecule has 2 aliphatic carbocycles. The summed E-state index contributed by atoms with van der Waals surface area (Å²) >= 11 is 0. The molecule has 0 saturated carbocycles. The Bertz CT molecular complexity index is 825. The van der Waals surface area contributed by atoms with Gasteiger partial charge in [-0.3, -0.25) is 4.79 Å². The van der Waals surface area contributed by atoms with E-state index in [4.69, 9.17) is 11.5 Å². The third kappa shape index (κ3) is 4.14. The number of nitrogens with two attached hydrogens (primary N) is 2. The van der Waals surface area contributed by atoms with Crippen LogP contribution in [0.4, 0.5) is 5.69 Å². The largest absolute Gasteiger partial charge is 0.324 e. The molecule has 0 aliphatic heterocycles. The first-order valence-electron chi connectivity index (χ1n) is 9.21. The summed E-state index contributed by atoms with van der Waals surface area (Å²) in [5.41, 5.74) is 18.7. The summed E-state index contributed by atoms with van der Waals surface area (Å²) in [5.74, 6) is -0.0431. The smallest absolute Gasteiger partial charge is 0.255 e. The van der Waals surface area contributed by atoms with Crippen LogP contribution in [0.3, 0.4) is 0 Å². The standard InChI is InChI=1S/C21H25N3O.2ClH/c22-18-10-2-5-13-14(18)6-1-9-17(13)21(25)24-20-12-4-7-15-16(20)8-3-11-19(15)23;;/h1,4,6-7,9,12,18-19H,2-3,5,8,10-11,22-23H2,(H,24,25);2*1H/t18-,19-;;/m1../s1. The Kier molecular flexibility index (Phi) is 7.29. The second-order valence-corrected chi connectivity index (χ2v) is 7.20. The van der Waals surface area contributed by atoms with E-state index in [9.17, 15) is 4.79 Å². The van der Waals surface area contributed by atoms with Gasteiger partial charge < -0.3 is 16.8 Å². The second-order valence-electron chi connectivity index (χ2n) is 7.20. The maximum Gasteiger partial charge on any atom is 0.255 e. The molecule has 1 amide bonds. The van der Waals surface area contributed by atoms with Crippen molar-refractivity contribution in [2.24, 2.45) is 11.5 Å². The van der Waals surface area contributed by atoms with Gasteiger partial charge in [0.05, 0.1) is 0 Å². The zero-order valence-electron chi connectivity index (χ0n) is 15.2. The van der Waals surface area contributed by atoms with Crippen LogP contribution in [0.25, 0.3) is 0 Å². The van der Waals surface area contributed by atoms with Gasteiger partial charge in [-0.15, -0.1) is 24.8 Å². The lowest BCUT2D eigenvalue weighted by Crippen LogP contribution is -2.23. The van der Waals surface area contributed by atoms with Gasteiger partial charge in [0.15, 0.2) is 0 Å². The zero-order chi connectivity index (χ0) is 17.4. The van der Waals surface area contributed by atoms with Crippen molar-refractivity contribution < 1.29 is 4.79 Å². The van der Waals surface area contributed by atoms with E-state index >= 15 is 0 Å². The van der Waals surface area contributed by atoms with Gasteiger partial charge in [0.25, 0.3) is 5.91 Å². The normalized spacial score (nSPS) is 20.4. The first-order valence-corrected chi connectivity index (χ1v) is 9.21. The zero-order valence-corrected chi connectivity index (χ0v) is 16.9. The number of amides is 1. The molecule has 5 N–H and O–H groups in total. The molecule has 0 spiro atoms. The van der Waals surface area contributed by atoms with Crippen molar-refractivity contribution in [2.75, 3.05) is 5.32 Å². The van der Waals surface area contributed by atoms with E-state index in [0.717, 1.165) is 60.9 Å². The Balaban J connectivity index is 0.00000131. The molecule has 2 aromatic carbocycles. The van der Waals surface area contributed by atoms with E-state index in [1.165, 1.54) is 11.1 Å². The molecule has 6 heteroatoms. The molecule has 0 radical (unpaired) electrons. The third-order valence-electron chi connectivity index (χ3n) is 5.60. The minimum absolute atomic E-state index is 0. The summed E-state index contributed by atoms with van der Waals surface area (Å²) in [6.45, 7) is 0. The van der Waals surface area contributed by atoms with Gasteiger partial charge in [0.2, 0.25) is 0 Å². The van der Waals surface area contributed by atoms with E-state index in [1.807, 2.05) is 24.3 Å². The molecule has 2 aromatic rings. The van der Waals surface area contributed by atoms with Gasteiger partial charge in [0.1, 0.15) is 0 Å². The SMILES string of the molecule is Cl.Cl.N[C@@H]1CCCc2c(NC(=O)c3cccc4c3CCC[C@H]4N)cccc21. The molecule has 0 aromatic heterocycles. The molecule has 4 rings (SSSR count). The van der Waals surface area contributed by atoms with E-state index in [2.05, 4.69) is 17.4 Å². The number of benzene rings is 2. The molecule has 0 heterocycles. The summed E-state index contributed by atoms with van der Waals surface area (Å²) < 4.78 is 0. The van der Waals surface area contributed by atoms with E-state index in [0.29, 0.717) is 0 Å².